The second-order valence-corrected chi connectivity index (χ2v) is 7.90. The molecule has 0 spiro atoms. The summed E-state index contributed by atoms with van der Waals surface area (Å²) in [5.74, 6) is 0.238. The van der Waals surface area contributed by atoms with Gasteiger partial charge in [0.2, 0.25) is 5.91 Å². The van der Waals surface area contributed by atoms with E-state index in [2.05, 4.69) is 20.3 Å². The molecule has 3 heterocycles. The van der Waals surface area contributed by atoms with Gasteiger partial charge in [0, 0.05) is 37.6 Å². The molecule has 32 heavy (non-hydrogen) atoms. The first-order valence-electron chi connectivity index (χ1n) is 10.6. The highest BCUT2D eigenvalue weighted by atomic mass is 16.2. The van der Waals surface area contributed by atoms with E-state index in [0.29, 0.717) is 43.2 Å². The van der Waals surface area contributed by atoms with Crippen LogP contribution in [0.2, 0.25) is 0 Å². The zero-order valence-corrected chi connectivity index (χ0v) is 18.3. The second-order valence-electron chi connectivity index (χ2n) is 7.90. The minimum Gasteiger partial charge on any atom is -0.384 e. The summed E-state index contributed by atoms with van der Waals surface area (Å²) in [5, 5.41) is 7.25. The second kappa shape index (κ2) is 9.09. The number of aryl methyl sites for hydroxylation is 2. The fourth-order valence-corrected chi connectivity index (χ4v) is 3.88. The van der Waals surface area contributed by atoms with Gasteiger partial charge in [0.15, 0.2) is 0 Å². The molecule has 0 bridgehead atoms. The van der Waals surface area contributed by atoms with Gasteiger partial charge in [-0.05, 0) is 44.2 Å². The molecule has 0 aliphatic carbocycles. The van der Waals surface area contributed by atoms with Crippen LogP contribution in [0.3, 0.4) is 0 Å². The molecule has 9 heteroatoms. The zero-order valence-electron chi connectivity index (χ0n) is 18.3. The fraction of sp³-hybridized carbons (Fsp3) is 0.304. The molecule has 0 atom stereocenters. The molecule has 0 saturated carbocycles. The van der Waals surface area contributed by atoms with Crippen molar-refractivity contribution in [2.45, 2.75) is 20.4 Å². The van der Waals surface area contributed by atoms with Crippen molar-refractivity contribution in [2.75, 3.05) is 42.1 Å². The number of rotatable bonds is 5. The Morgan fingerprint density at radius 2 is 1.81 bits per heavy atom. The lowest BCUT2D eigenvalue weighted by atomic mass is 10.1. The number of aromatic nitrogens is 3. The van der Waals surface area contributed by atoms with Gasteiger partial charge < -0.3 is 20.9 Å². The third kappa shape index (κ3) is 4.72. The highest BCUT2D eigenvalue weighted by molar-refractivity contribution is 6.08. The van der Waals surface area contributed by atoms with E-state index in [-0.39, 0.29) is 18.4 Å². The van der Waals surface area contributed by atoms with Crippen molar-refractivity contribution in [1.29, 1.82) is 0 Å². The summed E-state index contributed by atoms with van der Waals surface area (Å²) >= 11 is 0. The number of benzene rings is 1. The topological polar surface area (TPSA) is 109 Å². The number of anilines is 3. The molecular formula is C23H27N7O2. The maximum Gasteiger partial charge on any atom is 0.257 e. The van der Waals surface area contributed by atoms with Crippen molar-refractivity contribution >= 4 is 29.0 Å². The normalized spacial score (nSPS) is 13.8. The molecule has 0 unspecified atom stereocenters. The van der Waals surface area contributed by atoms with Crippen LogP contribution in [-0.4, -0.2) is 57.7 Å². The third-order valence-corrected chi connectivity index (χ3v) is 5.55. The Balaban J connectivity index is 1.40. The van der Waals surface area contributed by atoms with Crippen LogP contribution in [0.4, 0.5) is 17.2 Å². The molecule has 1 aliphatic rings. The van der Waals surface area contributed by atoms with Crippen molar-refractivity contribution < 1.29 is 9.59 Å². The summed E-state index contributed by atoms with van der Waals surface area (Å²) in [6, 6.07) is 12.8. The Kier molecular flexibility index (Phi) is 6.07. The van der Waals surface area contributed by atoms with Gasteiger partial charge in [-0.25, -0.2) is 4.98 Å². The lowest BCUT2D eigenvalue weighted by molar-refractivity contribution is -0.132. The molecule has 1 aliphatic heterocycles. The van der Waals surface area contributed by atoms with Crippen LogP contribution < -0.4 is 16.0 Å². The van der Waals surface area contributed by atoms with E-state index < -0.39 is 0 Å². The molecule has 4 rings (SSSR count). The largest absolute Gasteiger partial charge is 0.384 e. The minimum atomic E-state index is -0.213. The molecule has 1 saturated heterocycles. The Bertz CT molecular complexity index is 1120. The van der Waals surface area contributed by atoms with Crippen molar-refractivity contribution in [3.05, 3.63) is 65.6 Å². The average molecular weight is 434 g/mol. The number of para-hydroxylation sites is 1. The number of amides is 2. The molecule has 1 aromatic carbocycles. The fourth-order valence-electron chi connectivity index (χ4n) is 3.88. The van der Waals surface area contributed by atoms with E-state index >= 15 is 0 Å². The van der Waals surface area contributed by atoms with E-state index in [4.69, 9.17) is 5.73 Å². The van der Waals surface area contributed by atoms with E-state index in [9.17, 15) is 9.59 Å². The predicted molar refractivity (Wildman–Crippen MR) is 124 cm³/mol. The van der Waals surface area contributed by atoms with E-state index in [0.717, 1.165) is 17.1 Å². The van der Waals surface area contributed by atoms with E-state index in [1.54, 1.807) is 22.9 Å². The maximum absolute atomic E-state index is 12.9. The molecule has 0 radical (unpaired) electrons. The number of carbonyl (C=O) groups excluding carboxylic acids is 2. The number of piperazine rings is 1. The van der Waals surface area contributed by atoms with Crippen molar-refractivity contribution in [2.24, 2.45) is 0 Å². The van der Waals surface area contributed by atoms with Crippen molar-refractivity contribution in [3.63, 3.8) is 0 Å². The average Bonchev–Trinajstić information content (AvgIpc) is 3.11. The number of nitrogens with one attached hydrogen (secondary N) is 1. The SMILES string of the molecule is Cc1cc(C)n(CC(=O)N2CCN(c3ccccc3C(=O)Nc3ccc(N)nc3)CC2)n1. The van der Waals surface area contributed by atoms with Crippen LogP contribution in [0, 0.1) is 13.8 Å². The quantitative estimate of drug-likeness (QED) is 0.638. The lowest BCUT2D eigenvalue weighted by Gasteiger charge is -2.37. The summed E-state index contributed by atoms with van der Waals surface area (Å²) in [6.07, 6.45) is 1.53. The van der Waals surface area contributed by atoms with Gasteiger partial charge in [-0.2, -0.15) is 5.10 Å². The van der Waals surface area contributed by atoms with Crippen LogP contribution in [0.15, 0.2) is 48.7 Å². The predicted octanol–water partition coefficient (Wildman–Crippen LogP) is 2.08. The van der Waals surface area contributed by atoms with E-state index in [1.165, 1.54) is 6.20 Å². The summed E-state index contributed by atoms with van der Waals surface area (Å²) in [4.78, 5) is 33.7. The maximum atomic E-state index is 12.9. The van der Waals surface area contributed by atoms with Gasteiger partial charge in [-0.15, -0.1) is 0 Å². The molecule has 3 N–H and O–H groups in total. The highest BCUT2D eigenvalue weighted by Gasteiger charge is 2.24. The first-order chi connectivity index (χ1) is 15.4. The summed E-state index contributed by atoms with van der Waals surface area (Å²) < 4.78 is 1.75. The van der Waals surface area contributed by atoms with Gasteiger partial charge in [0.1, 0.15) is 12.4 Å². The van der Waals surface area contributed by atoms with Crippen LogP contribution in [0.1, 0.15) is 21.7 Å². The Hall–Kier alpha value is -3.88. The van der Waals surface area contributed by atoms with Crippen molar-refractivity contribution in [1.82, 2.24) is 19.7 Å². The molecule has 9 nitrogen and oxygen atoms in total. The van der Waals surface area contributed by atoms with Gasteiger partial charge in [0.05, 0.1) is 23.1 Å². The van der Waals surface area contributed by atoms with Crippen LogP contribution in [0.25, 0.3) is 0 Å². The standard InChI is InChI=1S/C23H27N7O2/c1-16-13-17(2)30(27-16)15-22(31)29-11-9-28(10-12-29)20-6-4-3-5-19(20)23(32)26-18-7-8-21(24)25-14-18/h3-8,13-14H,9-12,15H2,1-2H3,(H2,24,25)(H,26,32). The minimum absolute atomic E-state index is 0.0535. The van der Waals surface area contributed by atoms with E-state index in [1.807, 2.05) is 43.0 Å². The summed E-state index contributed by atoms with van der Waals surface area (Å²) in [6.45, 7) is 6.60. The number of hydrogen-bond acceptors (Lipinski definition) is 6. The molecule has 3 aromatic rings. The monoisotopic (exact) mass is 433 g/mol. The number of nitrogens with zero attached hydrogens (tertiary/aromatic N) is 5. The lowest BCUT2D eigenvalue weighted by Crippen LogP contribution is -2.50. The van der Waals surface area contributed by atoms with Crippen molar-refractivity contribution in [3.8, 4) is 0 Å². The molecular weight excluding hydrogens is 406 g/mol. The Morgan fingerprint density at radius 1 is 1.06 bits per heavy atom. The number of nitrogen functional groups attached to an aromatic ring is 1. The first kappa shape index (κ1) is 21.4. The highest BCUT2D eigenvalue weighted by Crippen LogP contribution is 2.23. The first-order valence-corrected chi connectivity index (χ1v) is 10.6. The van der Waals surface area contributed by atoms with Crippen LogP contribution in [0.5, 0.6) is 0 Å². The zero-order chi connectivity index (χ0) is 22.7. The van der Waals surface area contributed by atoms with Gasteiger partial charge in [-0.1, -0.05) is 12.1 Å². The van der Waals surface area contributed by atoms with Crippen LogP contribution >= 0.6 is 0 Å². The number of carbonyl (C=O) groups is 2. The smallest absolute Gasteiger partial charge is 0.257 e. The summed E-state index contributed by atoms with van der Waals surface area (Å²) in [5.41, 5.74) is 9.50. The van der Waals surface area contributed by atoms with Gasteiger partial charge in [-0.3, -0.25) is 14.3 Å². The Labute approximate surface area is 186 Å². The Morgan fingerprint density at radius 3 is 2.47 bits per heavy atom. The number of nitrogens with two attached hydrogens (primary N) is 1. The van der Waals surface area contributed by atoms with Crippen LogP contribution in [-0.2, 0) is 11.3 Å². The molecule has 166 valence electrons. The van der Waals surface area contributed by atoms with Gasteiger partial charge in [0.25, 0.3) is 5.91 Å². The number of hydrogen-bond donors (Lipinski definition) is 2. The molecule has 2 aromatic heterocycles. The summed E-state index contributed by atoms with van der Waals surface area (Å²) in [7, 11) is 0. The molecule has 1 fully saturated rings. The third-order valence-electron chi connectivity index (χ3n) is 5.55. The number of pyridine rings is 1. The molecule has 2 amide bonds. The van der Waals surface area contributed by atoms with Gasteiger partial charge >= 0.3 is 0 Å².